The highest BCUT2D eigenvalue weighted by Crippen LogP contribution is 2.38. The molecule has 1 aliphatic rings. The Morgan fingerprint density at radius 2 is 0.808 bits per heavy atom. The third-order valence-corrected chi connectivity index (χ3v) is 17.4. The van der Waals surface area contributed by atoms with Crippen molar-refractivity contribution < 1.29 is 0 Å². The van der Waals surface area contributed by atoms with Crippen molar-refractivity contribution in [2.45, 2.75) is 9.79 Å². The Labute approximate surface area is 307 Å². The molecule has 1 aliphatic heterocycles. The molecular weight excluding hydrogens is 665 g/mol. The first-order chi connectivity index (χ1) is 25.8. The fourth-order valence-electron chi connectivity index (χ4n) is 8.91. The summed E-state index contributed by atoms with van der Waals surface area (Å²) in [4.78, 5) is 2.72. The van der Waals surface area contributed by atoms with Gasteiger partial charge in [0.25, 0.3) is 0 Å². The third kappa shape index (κ3) is 4.13. The van der Waals surface area contributed by atoms with Gasteiger partial charge >= 0.3 is 0 Å². The summed E-state index contributed by atoms with van der Waals surface area (Å²) in [5.41, 5.74) is 7.19. The molecule has 0 amide bonds. The van der Waals surface area contributed by atoms with E-state index in [-0.39, 0.29) is 0 Å². The number of benzene rings is 8. The lowest BCUT2D eigenvalue weighted by molar-refractivity contribution is 1.15. The van der Waals surface area contributed by atoms with Crippen LogP contribution in [-0.4, -0.2) is 17.2 Å². The quantitative estimate of drug-likeness (QED) is 0.167. The number of rotatable bonds is 4. The van der Waals surface area contributed by atoms with Crippen molar-refractivity contribution in [3.8, 4) is 11.4 Å². The van der Waals surface area contributed by atoms with E-state index in [1.807, 2.05) is 11.8 Å². The summed E-state index contributed by atoms with van der Waals surface area (Å²) in [5, 5.41) is 10.8. The number of nitrogens with zero attached hydrogens (tertiary/aromatic N) is 2. The Morgan fingerprint density at radius 1 is 0.327 bits per heavy atom. The maximum atomic E-state index is 2.54. The SMILES string of the molecule is c1ccc(-n2c3ccccc3c3ccc(-n4c5ccccc5c5ccc([Si]6(c7ccccc7)c7ccccc7Sc7ccccc76)cc54)cc32)cc1. The van der Waals surface area contributed by atoms with Gasteiger partial charge in [0.15, 0.2) is 8.07 Å². The lowest BCUT2D eigenvalue weighted by Crippen LogP contribution is -2.76. The Hall–Kier alpha value is -6.07. The molecule has 2 aromatic heterocycles. The highest BCUT2D eigenvalue weighted by atomic mass is 32.2. The summed E-state index contributed by atoms with van der Waals surface area (Å²) in [5.74, 6) is 0. The molecule has 4 heteroatoms. The molecule has 11 rings (SSSR count). The molecule has 10 aromatic rings. The number of aromatic nitrogens is 2. The van der Waals surface area contributed by atoms with Crippen LogP contribution in [0.4, 0.5) is 0 Å². The molecule has 244 valence electrons. The van der Waals surface area contributed by atoms with Crippen LogP contribution in [-0.2, 0) is 0 Å². The fourth-order valence-corrected chi connectivity index (χ4v) is 15.9. The van der Waals surface area contributed by atoms with Crippen LogP contribution in [0.25, 0.3) is 55.0 Å². The van der Waals surface area contributed by atoms with Crippen molar-refractivity contribution in [2.75, 3.05) is 0 Å². The average Bonchev–Trinajstić information content (AvgIpc) is 3.72. The Bertz CT molecular complexity index is 2950. The van der Waals surface area contributed by atoms with Gasteiger partial charge in [-0.05, 0) is 75.3 Å². The largest absolute Gasteiger partial charge is 0.309 e. The molecule has 0 unspecified atom stereocenters. The second-order valence-corrected chi connectivity index (χ2v) is 18.5. The van der Waals surface area contributed by atoms with Crippen LogP contribution in [0.2, 0.25) is 0 Å². The summed E-state index contributed by atoms with van der Waals surface area (Å²) in [6, 6.07) is 72.4. The highest BCUT2D eigenvalue weighted by Gasteiger charge is 2.47. The first-order valence-electron chi connectivity index (χ1n) is 17.9. The van der Waals surface area contributed by atoms with E-state index in [1.54, 1.807) is 0 Å². The summed E-state index contributed by atoms with van der Waals surface area (Å²) in [7, 11) is -2.72. The van der Waals surface area contributed by atoms with Gasteiger partial charge in [0.2, 0.25) is 0 Å². The van der Waals surface area contributed by atoms with E-state index in [4.69, 9.17) is 0 Å². The van der Waals surface area contributed by atoms with Crippen LogP contribution < -0.4 is 20.7 Å². The molecule has 0 spiro atoms. The molecule has 0 N–H and O–H groups in total. The minimum absolute atomic E-state index is 1.16. The van der Waals surface area contributed by atoms with Gasteiger partial charge < -0.3 is 9.13 Å². The molecule has 52 heavy (non-hydrogen) atoms. The van der Waals surface area contributed by atoms with Gasteiger partial charge in [-0.1, -0.05) is 151 Å². The molecule has 0 radical (unpaired) electrons. The van der Waals surface area contributed by atoms with E-state index in [0.717, 1.165) is 5.69 Å². The Morgan fingerprint density at radius 3 is 1.46 bits per heavy atom. The Kier molecular flexibility index (Phi) is 6.54. The van der Waals surface area contributed by atoms with Crippen LogP contribution in [0.5, 0.6) is 0 Å². The summed E-state index contributed by atoms with van der Waals surface area (Å²) in [6.07, 6.45) is 0. The predicted octanol–water partition coefficient (Wildman–Crippen LogP) is 9.72. The van der Waals surface area contributed by atoms with E-state index in [1.165, 1.54) is 79.8 Å². The minimum Gasteiger partial charge on any atom is -0.309 e. The lowest BCUT2D eigenvalue weighted by Gasteiger charge is -2.39. The van der Waals surface area contributed by atoms with E-state index < -0.39 is 8.07 Å². The zero-order chi connectivity index (χ0) is 34.2. The predicted molar refractivity (Wildman–Crippen MR) is 223 cm³/mol. The van der Waals surface area contributed by atoms with Crippen molar-refractivity contribution in [1.82, 2.24) is 9.13 Å². The lowest BCUT2D eigenvalue weighted by atomic mass is 10.1. The zero-order valence-corrected chi connectivity index (χ0v) is 30.1. The molecule has 0 saturated carbocycles. The first-order valence-corrected chi connectivity index (χ1v) is 20.7. The number of para-hydroxylation sites is 3. The smallest absolute Gasteiger partial charge is 0.181 e. The number of hydrogen-bond acceptors (Lipinski definition) is 1. The molecule has 2 nitrogen and oxygen atoms in total. The van der Waals surface area contributed by atoms with Crippen molar-refractivity contribution in [2.24, 2.45) is 0 Å². The third-order valence-electron chi connectivity index (χ3n) is 11.0. The van der Waals surface area contributed by atoms with Gasteiger partial charge in [-0.15, -0.1) is 0 Å². The van der Waals surface area contributed by atoms with Gasteiger partial charge in [0.05, 0.1) is 22.1 Å². The van der Waals surface area contributed by atoms with E-state index in [9.17, 15) is 0 Å². The van der Waals surface area contributed by atoms with Crippen molar-refractivity contribution in [1.29, 1.82) is 0 Å². The van der Waals surface area contributed by atoms with E-state index in [2.05, 4.69) is 203 Å². The molecule has 0 aliphatic carbocycles. The van der Waals surface area contributed by atoms with Crippen LogP contribution in [0.15, 0.2) is 204 Å². The van der Waals surface area contributed by atoms with Crippen molar-refractivity contribution >= 4 is 84.2 Å². The van der Waals surface area contributed by atoms with Crippen LogP contribution >= 0.6 is 11.8 Å². The van der Waals surface area contributed by atoms with Crippen molar-refractivity contribution in [3.05, 3.63) is 194 Å². The van der Waals surface area contributed by atoms with E-state index in [0.29, 0.717) is 0 Å². The molecular formula is C48H32N2SSi. The molecule has 3 heterocycles. The molecule has 0 atom stereocenters. The highest BCUT2D eigenvalue weighted by molar-refractivity contribution is 8.00. The molecule has 0 saturated heterocycles. The second kappa shape index (κ2) is 11.5. The van der Waals surface area contributed by atoms with Gasteiger partial charge in [-0.3, -0.25) is 0 Å². The standard InChI is InChI=1S/C48H32N2SSi/c1-3-15-33(16-4-1)49-41-21-9-7-19-37(41)39-29-27-34(31-43(39)49)50-42-22-10-8-20-38(42)40-30-28-36(32-44(40)50)52(35-17-5-2-6-18-35)47-25-13-11-23-45(47)51-46-24-12-14-26-48(46)52/h1-32H. The normalized spacial score (nSPS) is 13.5. The number of hydrogen-bond donors (Lipinski definition) is 0. The van der Waals surface area contributed by atoms with Gasteiger partial charge in [-0.2, -0.15) is 0 Å². The zero-order valence-electron chi connectivity index (χ0n) is 28.3. The summed E-state index contributed by atoms with van der Waals surface area (Å²) in [6.45, 7) is 0. The summed E-state index contributed by atoms with van der Waals surface area (Å²) < 4.78 is 4.92. The summed E-state index contributed by atoms with van der Waals surface area (Å²) >= 11 is 1.91. The topological polar surface area (TPSA) is 9.86 Å². The Balaban J connectivity index is 1.24. The first kappa shape index (κ1) is 29.6. The second-order valence-electron chi connectivity index (χ2n) is 13.7. The molecule has 8 aromatic carbocycles. The van der Waals surface area contributed by atoms with Gasteiger partial charge in [-0.25, -0.2) is 0 Å². The van der Waals surface area contributed by atoms with Gasteiger partial charge in [0, 0.05) is 42.7 Å². The fraction of sp³-hybridized carbons (Fsp3) is 0. The molecule has 0 fully saturated rings. The number of fused-ring (bicyclic) bond motifs is 8. The average molecular weight is 697 g/mol. The van der Waals surface area contributed by atoms with Gasteiger partial charge in [0.1, 0.15) is 0 Å². The maximum Gasteiger partial charge on any atom is 0.181 e. The van der Waals surface area contributed by atoms with Crippen LogP contribution in [0.3, 0.4) is 0 Å². The van der Waals surface area contributed by atoms with Crippen LogP contribution in [0, 0.1) is 0 Å². The van der Waals surface area contributed by atoms with Crippen molar-refractivity contribution in [3.63, 3.8) is 0 Å². The van der Waals surface area contributed by atoms with Crippen LogP contribution in [0.1, 0.15) is 0 Å². The van der Waals surface area contributed by atoms with E-state index >= 15 is 0 Å². The monoisotopic (exact) mass is 696 g/mol. The maximum absolute atomic E-state index is 2.72. The minimum atomic E-state index is -2.72. The molecule has 0 bridgehead atoms.